The predicted octanol–water partition coefficient (Wildman–Crippen LogP) is 2.60. The van der Waals surface area contributed by atoms with Gasteiger partial charge in [0.1, 0.15) is 11.6 Å². The Balaban J connectivity index is 2.77. The average Bonchev–Trinajstić information content (AvgIpc) is 2.31. The fourth-order valence-electron chi connectivity index (χ4n) is 1.35. The lowest BCUT2D eigenvalue weighted by molar-refractivity contribution is 0.413. The third-order valence-electron chi connectivity index (χ3n) is 2.23. The molecule has 1 aromatic carbocycles. The Bertz CT molecular complexity index is 493. The molecule has 102 valence electrons. The highest BCUT2D eigenvalue weighted by Gasteiger charge is 2.13. The molecule has 1 rings (SSSR count). The number of ether oxygens (including phenoxy) is 1. The molecule has 0 aromatic heterocycles. The van der Waals surface area contributed by atoms with Gasteiger partial charge >= 0.3 is 0 Å². The van der Waals surface area contributed by atoms with Crippen molar-refractivity contribution in [2.75, 3.05) is 23.5 Å². The monoisotopic (exact) mass is 295 g/mol. The van der Waals surface area contributed by atoms with Crippen molar-refractivity contribution in [2.24, 2.45) is 0 Å². The molecule has 18 heavy (non-hydrogen) atoms. The Morgan fingerprint density at radius 3 is 2.72 bits per heavy atom. The van der Waals surface area contributed by atoms with E-state index in [9.17, 15) is 12.8 Å². The number of halogens is 2. The Hall–Kier alpha value is -1.01. The molecule has 0 bridgehead atoms. The smallest absolute Gasteiger partial charge is 0.232 e. The summed E-state index contributed by atoms with van der Waals surface area (Å²) in [5.41, 5.74) is 0.227. The van der Waals surface area contributed by atoms with Gasteiger partial charge in [0, 0.05) is 11.9 Å². The van der Waals surface area contributed by atoms with Gasteiger partial charge in [0.25, 0.3) is 0 Å². The Kier molecular flexibility index (Phi) is 5.68. The Morgan fingerprint density at radius 1 is 1.39 bits per heavy atom. The zero-order valence-electron chi connectivity index (χ0n) is 9.95. The second kappa shape index (κ2) is 6.80. The summed E-state index contributed by atoms with van der Waals surface area (Å²) in [7, 11) is -2.12. The van der Waals surface area contributed by atoms with Crippen molar-refractivity contribution in [2.45, 2.75) is 12.8 Å². The third kappa shape index (κ3) is 4.70. The van der Waals surface area contributed by atoms with Gasteiger partial charge in [-0.1, -0.05) is 0 Å². The van der Waals surface area contributed by atoms with Crippen molar-refractivity contribution in [3.8, 4) is 5.75 Å². The van der Waals surface area contributed by atoms with Crippen LogP contribution in [0.1, 0.15) is 12.8 Å². The van der Waals surface area contributed by atoms with E-state index in [4.69, 9.17) is 16.3 Å². The van der Waals surface area contributed by atoms with Gasteiger partial charge in [-0.05, 0) is 25.0 Å². The number of alkyl halides is 1. The maximum absolute atomic E-state index is 12.9. The molecule has 0 spiro atoms. The standard InChI is InChI=1S/C11H15ClFNO3S/c1-17-11-8-9(13)4-5-10(11)14-18(15,16)7-3-2-6-12/h4-5,8,14H,2-3,6-7H2,1H3. The van der Waals surface area contributed by atoms with Gasteiger partial charge in [-0.3, -0.25) is 4.72 Å². The topological polar surface area (TPSA) is 55.4 Å². The van der Waals surface area contributed by atoms with Crippen molar-refractivity contribution >= 4 is 27.3 Å². The van der Waals surface area contributed by atoms with Crippen LogP contribution in [0.5, 0.6) is 5.75 Å². The van der Waals surface area contributed by atoms with E-state index in [0.717, 1.165) is 6.07 Å². The molecular formula is C11H15ClFNO3S. The zero-order chi connectivity index (χ0) is 13.6. The molecule has 0 aliphatic carbocycles. The Morgan fingerprint density at radius 2 is 2.11 bits per heavy atom. The molecule has 4 nitrogen and oxygen atoms in total. The molecule has 7 heteroatoms. The van der Waals surface area contributed by atoms with Crippen LogP contribution in [-0.4, -0.2) is 27.2 Å². The van der Waals surface area contributed by atoms with Crippen LogP contribution in [0.4, 0.5) is 10.1 Å². The molecule has 0 saturated heterocycles. The highest BCUT2D eigenvalue weighted by Crippen LogP contribution is 2.26. The number of benzene rings is 1. The minimum absolute atomic E-state index is 0.0275. The first-order valence-corrected chi connectivity index (χ1v) is 7.57. The van der Waals surface area contributed by atoms with Gasteiger partial charge in [-0.25, -0.2) is 12.8 Å². The number of hydrogen-bond donors (Lipinski definition) is 1. The van der Waals surface area contributed by atoms with Crippen LogP contribution in [0.2, 0.25) is 0 Å². The summed E-state index contributed by atoms with van der Waals surface area (Å²) in [6.45, 7) is 0. The van der Waals surface area contributed by atoms with Gasteiger partial charge < -0.3 is 4.74 Å². The van der Waals surface area contributed by atoms with E-state index < -0.39 is 15.8 Å². The number of nitrogens with one attached hydrogen (secondary N) is 1. The largest absolute Gasteiger partial charge is 0.494 e. The molecule has 1 N–H and O–H groups in total. The maximum Gasteiger partial charge on any atom is 0.232 e. The summed E-state index contributed by atoms with van der Waals surface area (Å²) in [5.74, 6) is 0.0585. The highest BCUT2D eigenvalue weighted by atomic mass is 35.5. The molecule has 0 aliphatic rings. The molecule has 0 radical (unpaired) electrons. The van der Waals surface area contributed by atoms with Crippen molar-refractivity contribution in [1.82, 2.24) is 0 Å². The molecule has 1 aromatic rings. The summed E-state index contributed by atoms with van der Waals surface area (Å²) < 4.78 is 43.7. The number of methoxy groups -OCH3 is 1. The minimum atomic E-state index is -3.46. The van der Waals surface area contributed by atoms with Crippen LogP contribution >= 0.6 is 11.6 Å². The number of unbranched alkanes of at least 4 members (excludes halogenated alkanes) is 1. The van der Waals surface area contributed by atoms with Gasteiger partial charge in [-0.2, -0.15) is 0 Å². The van der Waals surface area contributed by atoms with E-state index in [1.165, 1.54) is 19.2 Å². The summed E-state index contributed by atoms with van der Waals surface area (Å²) >= 11 is 5.48. The van der Waals surface area contributed by atoms with Gasteiger partial charge in [0.05, 0.1) is 18.6 Å². The van der Waals surface area contributed by atoms with Gasteiger partial charge in [0.15, 0.2) is 0 Å². The summed E-state index contributed by atoms with van der Waals surface area (Å²) in [5, 5.41) is 0. The van der Waals surface area contributed by atoms with Crippen molar-refractivity contribution < 1.29 is 17.5 Å². The average molecular weight is 296 g/mol. The quantitative estimate of drug-likeness (QED) is 0.621. The molecule has 0 atom stereocenters. The fraction of sp³-hybridized carbons (Fsp3) is 0.455. The first kappa shape index (κ1) is 15.0. The lowest BCUT2D eigenvalue weighted by Gasteiger charge is -2.11. The summed E-state index contributed by atoms with van der Waals surface area (Å²) in [4.78, 5) is 0. The molecule has 0 fully saturated rings. The SMILES string of the molecule is COc1cc(F)ccc1NS(=O)(=O)CCCCCl. The summed E-state index contributed by atoms with van der Waals surface area (Å²) in [6, 6.07) is 3.61. The highest BCUT2D eigenvalue weighted by molar-refractivity contribution is 7.92. The van der Waals surface area contributed by atoms with E-state index in [1.54, 1.807) is 0 Å². The van der Waals surface area contributed by atoms with Gasteiger partial charge in [-0.15, -0.1) is 11.6 Å². The van der Waals surface area contributed by atoms with Crippen LogP contribution in [0.25, 0.3) is 0 Å². The second-order valence-electron chi connectivity index (χ2n) is 3.66. The molecular weight excluding hydrogens is 281 g/mol. The Labute approximate surface area is 111 Å². The fourth-order valence-corrected chi connectivity index (χ4v) is 2.73. The first-order chi connectivity index (χ1) is 8.48. The van der Waals surface area contributed by atoms with Gasteiger partial charge in [0.2, 0.25) is 10.0 Å². The van der Waals surface area contributed by atoms with E-state index >= 15 is 0 Å². The first-order valence-electron chi connectivity index (χ1n) is 5.38. The van der Waals surface area contributed by atoms with Crippen LogP contribution in [0.15, 0.2) is 18.2 Å². The number of anilines is 1. The molecule has 0 aliphatic heterocycles. The molecule has 0 saturated carbocycles. The van der Waals surface area contributed by atoms with Crippen molar-refractivity contribution in [1.29, 1.82) is 0 Å². The second-order valence-corrected chi connectivity index (χ2v) is 5.88. The normalized spacial score (nSPS) is 11.3. The predicted molar refractivity (Wildman–Crippen MR) is 70.3 cm³/mol. The van der Waals surface area contributed by atoms with E-state index in [-0.39, 0.29) is 17.2 Å². The molecule has 0 unspecified atom stereocenters. The lowest BCUT2D eigenvalue weighted by Crippen LogP contribution is -2.17. The molecule has 0 amide bonds. The van der Waals surface area contributed by atoms with Crippen LogP contribution < -0.4 is 9.46 Å². The van der Waals surface area contributed by atoms with E-state index in [0.29, 0.717) is 18.7 Å². The number of rotatable bonds is 7. The minimum Gasteiger partial charge on any atom is -0.494 e. The number of sulfonamides is 1. The maximum atomic E-state index is 12.9. The lowest BCUT2D eigenvalue weighted by atomic mass is 10.3. The molecule has 0 heterocycles. The zero-order valence-corrected chi connectivity index (χ0v) is 11.5. The third-order valence-corrected chi connectivity index (χ3v) is 3.85. The van der Waals surface area contributed by atoms with E-state index in [2.05, 4.69) is 4.72 Å². The van der Waals surface area contributed by atoms with Crippen LogP contribution in [0, 0.1) is 5.82 Å². The summed E-state index contributed by atoms with van der Waals surface area (Å²) in [6.07, 6.45) is 1.10. The van der Waals surface area contributed by atoms with E-state index in [1.807, 2.05) is 0 Å². The van der Waals surface area contributed by atoms with Crippen molar-refractivity contribution in [3.63, 3.8) is 0 Å². The van der Waals surface area contributed by atoms with Crippen molar-refractivity contribution in [3.05, 3.63) is 24.0 Å². The van der Waals surface area contributed by atoms with Crippen LogP contribution in [0.3, 0.4) is 0 Å². The number of hydrogen-bond acceptors (Lipinski definition) is 3. The van der Waals surface area contributed by atoms with Crippen LogP contribution in [-0.2, 0) is 10.0 Å².